The van der Waals surface area contributed by atoms with Crippen LogP contribution in [0.5, 0.6) is 0 Å². The first-order chi connectivity index (χ1) is 8.82. The molecule has 1 saturated carbocycles. The minimum atomic E-state index is -0.855. The van der Waals surface area contributed by atoms with Crippen molar-refractivity contribution in [1.29, 1.82) is 0 Å². The molecule has 0 amide bonds. The summed E-state index contributed by atoms with van der Waals surface area (Å²) in [5, 5.41) is 0. The predicted molar refractivity (Wildman–Crippen MR) is 68.5 cm³/mol. The van der Waals surface area contributed by atoms with Crippen LogP contribution in [-0.2, 0) is 19.1 Å². The minimum absolute atomic E-state index is 0.00264. The number of allylic oxidation sites excluding steroid dienone is 1. The van der Waals surface area contributed by atoms with E-state index in [2.05, 4.69) is 6.92 Å². The molecule has 19 heavy (non-hydrogen) atoms. The number of carbonyl (C=O) groups is 2. The summed E-state index contributed by atoms with van der Waals surface area (Å²) in [6.07, 6.45) is 3.13. The summed E-state index contributed by atoms with van der Waals surface area (Å²) >= 11 is 0. The highest BCUT2D eigenvalue weighted by atomic mass is 16.7. The normalized spacial score (nSPS) is 36.3. The summed E-state index contributed by atoms with van der Waals surface area (Å²) in [7, 11) is 0. The molecule has 104 valence electrons. The van der Waals surface area contributed by atoms with Gasteiger partial charge in [-0.1, -0.05) is 6.92 Å². The lowest BCUT2D eigenvalue weighted by Gasteiger charge is -2.54. The van der Waals surface area contributed by atoms with E-state index in [0.717, 1.165) is 5.57 Å². The molecule has 0 bridgehead atoms. The standard InChI is InChI=1S/C15H20O4/c1-13(2)11-8-10(16)9-15(18-6-7-19-15)14(11,3)5-4-12(13)17/h8H,4-7,9H2,1-3H3/t14-/m1/s1. The van der Waals surface area contributed by atoms with Gasteiger partial charge in [0.1, 0.15) is 5.78 Å². The van der Waals surface area contributed by atoms with Crippen molar-refractivity contribution in [3.05, 3.63) is 11.6 Å². The fourth-order valence-electron chi connectivity index (χ4n) is 3.90. The van der Waals surface area contributed by atoms with Gasteiger partial charge in [-0.2, -0.15) is 0 Å². The Kier molecular flexibility index (Phi) is 2.58. The van der Waals surface area contributed by atoms with E-state index < -0.39 is 11.2 Å². The number of rotatable bonds is 0. The second-order valence-electron chi connectivity index (χ2n) is 6.53. The maximum atomic E-state index is 12.2. The number of ketones is 2. The van der Waals surface area contributed by atoms with Crippen LogP contribution in [0, 0.1) is 10.8 Å². The molecular formula is C15H20O4. The van der Waals surface area contributed by atoms with Gasteiger partial charge >= 0.3 is 0 Å². The molecule has 1 aliphatic heterocycles. The fourth-order valence-corrected chi connectivity index (χ4v) is 3.90. The smallest absolute Gasteiger partial charge is 0.184 e. The average molecular weight is 264 g/mol. The van der Waals surface area contributed by atoms with E-state index in [0.29, 0.717) is 26.1 Å². The second kappa shape index (κ2) is 3.76. The molecule has 3 aliphatic rings. The molecule has 0 aromatic rings. The Hall–Kier alpha value is -1.00. The third-order valence-electron chi connectivity index (χ3n) is 5.12. The molecule has 2 aliphatic carbocycles. The first-order valence-corrected chi connectivity index (χ1v) is 6.89. The van der Waals surface area contributed by atoms with Crippen molar-refractivity contribution in [3.8, 4) is 0 Å². The molecule has 3 rings (SSSR count). The van der Waals surface area contributed by atoms with E-state index in [-0.39, 0.29) is 23.4 Å². The highest BCUT2D eigenvalue weighted by molar-refractivity contribution is 5.97. The summed E-state index contributed by atoms with van der Waals surface area (Å²) < 4.78 is 11.7. The van der Waals surface area contributed by atoms with E-state index >= 15 is 0 Å². The Morgan fingerprint density at radius 1 is 1.11 bits per heavy atom. The van der Waals surface area contributed by atoms with E-state index in [9.17, 15) is 9.59 Å². The van der Waals surface area contributed by atoms with Gasteiger partial charge in [-0.15, -0.1) is 0 Å². The van der Waals surface area contributed by atoms with Gasteiger partial charge in [-0.3, -0.25) is 9.59 Å². The fraction of sp³-hybridized carbons (Fsp3) is 0.733. The molecule has 2 fully saturated rings. The summed E-state index contributed by atoms with van der Waals surface area (Å²) in [4.78, 5) is 24.3. The number of ether oxygens (including phenoxy) is 2. The number of fused-ring (bicyclic) bond motifs is 2. The molecule has 0 aromatic carbocycles. The van der Waals surface area contributed by atoms with Gasteiger partial charge in [0, 0.05) is 17.3 Å². The Balaban J connectivity index is 2.16. The summed E-state index contributed by atoms with van der Waals surface area (Å²) in [6, 6.07) is 0. The molecule has 1 spiro atoms. The minimum Gasteiger partial charge on any atom is -0.346 e. The number of hydrogen-bond donors (Lipinski definition) is 0. The highest BCUT2D eigenvalue weighted by Gasteiger charge is 2.62. The van der Waals surface area contributed by atoms with Crippen molar-refractivity contribution in [2.24, 2.45) is 10.8 Å². The molecular weight excluding hydrogens is 244 g/mol. The quantitative estimate of drug-likeness (QED) is 0.671. The molecule has 4 heteroatoms. The topological polar surface area (TPSA) is 52.6 Å². The van der Waals surface area contributed by atoms with Crippen molar-refractivity contribution in [2.45, 2.75) is 45.8 Å². The van der Waals surface area contributed by atoms with Crippen molar-refractivity contribution in [2.75, 3.05) is 13.2 Å². The van der Waals surface area contributed by atoms with Crippen molar-refractivity contribution < 1.29 is 19.1 Å². The second-order valence-corrected chi connectivity index (χ2v) is 6.53. The van der Waals surface area contributed by atoms with Crippen molar-refractivity contribution in [1.82, 2.24) is 0 Å². The van der Waals surface area contributed by atoms with Gasteiger partial charge < -0.3 is 9.47 Å². The maximum absolute atomic E-state index is 12.2. The van der Waals surface area contributed by atoms with Gasteiger partial charge in [0.15, 0.2) is 11.6 Å². The predicted octanol–water partition coefficient (Wildman–Crippen LogP) is 2.02. The largest absolute Gasteiger partial charge is 0.346 e. The zero-order chi connectivity index (χ0) is 13.9. The van der Waals surface area contributed by atoms with Gasteiger partial charge in [0.05, 0.1) is 19.6 Å². The van der Waals surface area contributed by atoms with Crippen molar-refractivity contribution in [3.63, 3.8) is 0 Å². The van der Waals surface area contributed by atoms with Crippen LogP contribution in [0.2, 0.25) is 0 Å². The number of carbonyl (C=O) groups excluding carboxylic acids is 2. The van der Waals surface area contributed by atoms with E-state index in [1.54, 1.807) is 6.08 Å². The SMILES string of the molecule is CC1(C)C(=O)CC[C@]2(C)C1=CC(=O)CC21OCCO1. The van der Waals surface area contributed by atoms with E-state index in [4.69, 9.17) is 9.47 Å². The molecule has 0 N–H and O–H groups in total. The van der Waals surface area contributed by atoms with Gasteiger partial charge in [0.2, 0.25) is 0 Å². The molecule has 0 unspecified atom stereocenters. The molecule has 0 radical (unpaired) electrons. The molecule has 1 saturated heterocycles. The summed E-state index contributed by atoms with van der Waals surface area (Å²) in [5.74, 6) is -0.664. The Bertz CT molecular complexity index is 482. The van der Waals surface area contributed by atoms with Crippen LogP contribution in [0.15, 0.2) is 11.6 Å². The van der Waals surface area contributed by atoms with Crippen molar-refractivity contribution >= 4 is 11.6 Å². The van der Waals surface area contributed by atoms with Crippen LogP contribution in [0.25, 0.3) is 0 Å². The highest BCUT2D eigenvalue weighted by Crippen LogP contribution is 2.59. The average Bonchev–Trinajstić information content (AvgIpc) is 2.79. The van der Waals surface area contributed by atoms with E-state index in [1.165, 1.54) is 0 Å². The van der Waals surface area contributed by atoms with Gasteiger partial charge in [-0.25, -0.2) is 0 Å². The van der Waals surface area contributed by atoms with Gasteiger partial charge in [0.25, 0.3) is 0 Å². The maximum Gasteiger partial charge on any atom is 0.184 e. The first kappa shape index (κ1) is 13.0. The van der Waals surface area contributed by atoms with Crippen LogP contribution in [-0.4, -0.2) is 30.6 Å². The number of hydrogen-bond acceptors (Lipinski definition) is 4. The van der Waals surface area contributed by atoms with Crippen LogP contribution >= 0.6 is 0 Å². The lowest BCUT2D eigenvalue weighted by Crippen LogP contribution is -2.58. The first-order valence-electron chi connectivity index (χ1n) is 6.89. The lowest BCUT2D eigenvalue weighted by molar-refractivity contribution is -0.233. The zero-order valence-electron chi connectivity index (χ0n) is 11.7. The molecule has 1 heterocycles. The lowest BCUT2D eigenvalue weighted by atomic mass is 9.54. The summed E-state index contributed by atoms with van der Waals surface area (Å²) in [5.41, 5.74) is -0.102. The van der Waals surface area contributed by atoms with Crippen LogP contribution in [0.3, 0.4) is 0 Å². The van der Waals surface area contributed by atoms with Crippen LogP contribution < -0.4 is 0 Å². The molecule has 0 aromatic heterocycles. The van der Waals surface area contributed by atoms with E-state index in [1.807, 2.05) is 13.8 Å². The molecule has 4 nitrogen and oxygen atoms in total. The van der Waals surface area contributed by atoms with Gasteiger partial charge in [-0.05, 0) is 31.9 Å². The number of Topliss-reactive ketones (excluding diaryl/α,β-unsaturated/α-hetero) is 1. The molecule has 1 atom stereocenters. The zero-order valence-corrected chi connectivity index (χ0v) is 11.7. The summed E-state index contributed by atoms with van der Waals surface area (Å²) in [6.45, 7) is 6.92. The van der Waals surface area contributed by atoms with Crippen LogP contribution in [0.1, 0.15) is 40.0 Å². The Labute approximate surface area is 113 Å². The van der Waals surface area contributed by atoms with Crippen LogP contribution in [0.4, 0.5) is 0 Å². The monoisotopic (exact) mass is 264 g/mol. The Morgan fingerprint density at radius 2 is 1.74 bits per heavy atom. The third kappa shape index (κ3) is 1.53. The third-order valence-corrected chi connectivity index (χ3v) is 5.12. The Morgan fingerprint density at radius 3 is 2.37 bits per heavy atom.